The molecule has 1 saturated heterocycles. The molecule has 1 amide bonds. The van der Waals surface area contributed by atoms with Crippen LogP contribution in [-0.4, -0.2) is 47.3 Å². The van der Waals surface area contributed by atoms with Gasteiger partial charge in [0.1, 0.15) is 0 Å². The Morgan fingerprint density at radius 2 is 1.92 bits per heavy atom. The van der Waals surface area contributed by atoms with Crippen molar-refractivity contribution in [3.8, 4) is 0 Å². The van der Waals surface area contributed by atoms with E-state index in [0.29, 0.717) is 6.54 Å². The van der Waals surface area contributed by atoms with Crippen molar-refractivity contribution in [1.82, 2.24) is 20.0 Å². The van der Waals surface area contributed by atoms with E-state index in [1.165, 1.54) is 12.0 Å². The molecular formula is C20H29ClN4O. The van der Waals surface area contributed by atoms with Gasteiger partial charge in [0.25, 0.3) is 5.91 Å². The first kappa shape index (κ1) is 20.5. The number of benzene rings is 1. The normalized spacial score (nSPS) is 14.9. The van der Waals surface area contributed by atoms with Gasteiger partial charge in [0, 0.05) is 18.8 Å². The van der Waals surface area contributed by atoms with Crippen molar-refractivity contribution in [2.24, 2.45) is 5.92 Å². The zero-order valence-electron chi connectivity index (χ0n) is 15.6. The summed E-state index contributed by atoms with van der Waals surface area (Å²) in [5.74, 6) is 0.863. The minimum atomic E-state index is 0. The molecule has 26 heavy (non-hydrogen) atoms. The van der Waals surface area contributed by atoms with Crippen LogP contribution in [0.2, 0.25) is 0 Å². The number of hydrogen-bond acceptors (Lipinski definition) is 3. The van der Waals surface area contributed by atoms with Crippen molar-refractivity contribution in [2.45, 2.75) is 32.7 Å². The zero-order chi connectivity index (χ0) is 17.6. The van der Waals surface area contributed by atoms with E-state index < -0.39 is 0 Å². The van der Waals surface area contributed by atoms with Crippen molar-refractivity contribution in [3.05, 3.63) is 53.3 Å². The number of nitrogens with one attached hydrogen (secondary N) is 1. The van der Waals surface area contributed by atoms with Crippen LogP contribution in [0.25, 0.3) is 0 Å². The number of carbonyl (C=O) groups is 1. The average Bonchev–Trinajstić information content (AvgIpc) is 3.01. The van der Waals surface area contributed by atoms with Crippen molar-refractivity contribution in [1.29, 1.82) is 0 Å². The summed E-state index contributed by atoms with van der Waals surface area (Å²) in [5.41, 5.74) is 2.88. The molecule has 1 aliphatic rings. The molecule has 1 fully saturated rings. The van der Waals surface area contributed by atoms with Crippen LogP contribution in [0.1, 0.15) is 40.9 Å². The van der Waals surface area contributed by atoms with Crippen molar-refractivity contribution in [3.63, 3.8) is 0 Å². The van der Waals surface area contributed by atoms with Crippen LogP contribution in [0, 0.1) is 12.8 Å². The van der Waals surface area contributed by atoms with E-state index >= 15 is 0 Å². The van der Waals surface area contributed by atoms with Crippen molar-refractivity contribution >= 4 is 18.3 Å². The second kappa shape index (κ2) is 9.74. The Hall–Kier alpha value is -1.85. The molecule has 0 aliphatic carbocycles. The van der Waals surface area contributed by atoms with Gasteiger partial charge in [0.05, 0.1) is 18.3 Å². The highest BCUT2D eigenvalue weighted by Gasteiger charge is 2.25. The maximum atomic E-state index is 12.9. The molecule has 5 nitrogen and oxygen atoms in total. The van der Waals surface area contributed by atoms with Gasteiger partial charge >= 0.3 is 0 Å². The van der Waals surface area contributed by atoms with Gasteiger partial charge in [-0.15, -0.1) is 12.4 Å². The van der Waals surface area contributed by atoms with E-state index in [9.17, 15) is 4.79 Å². The maximum absolute atomic E-state index is 12.9. The molecule has 0 spiro atoms. The topological polar surface area (TPSA) is 50.2 Å². The summed E-state index contributed by atoms with van der Waals surface area (Å²) in [5, 5.41) is 7.66. The Bertz CT molecular complexity index is 693. The van der Waals surface area contributed by atoms with Crippen molar-refractivity contribution in [2.75, 3.05) is 26.7 Å². The number of hydrogen-bond donors (Lipinski definition) is 1. The van der Waals surface area contributed by atoms with Crippen LogP contribution in [0.15, 0.2) is 36.5 Å². The lowest BCUT2D eigenvalue weighted by atomic mass is 9.93. The van der Waals surface area contributed by atoms with Crippen LogP contribution in [0.3, 0.4) is 0 Å². The molecule has 142 valence electrons. The smallest absolute Gasteiger partial charge is 0.257 e. The molecule has 3 rings (SSSR count). The standard InChI is InChI=1S/C20H28N4O.ClH/c1-16-19(14-22-24(16)15-18-6-4-3-5-7-18)20(25)23-12-9-17(10-13-23)8-11-21-2;/h3-7,14,17,21H,8-13,15H2,1-2H3;1H. The summed E-state index contributed by atoms with van der Waals surface area (Å²) < 4.78 is 1.92. The highest BCUT2D eigenvalue weighted by atomic mass is 35.5. The van der Waals surface area contributed by atoms with Crippen LogP contribution in [0.4, 0.5) is 0 Å². The molecular weight excluding hydrogens is 348 g/mol. The number of nitrogens with zero attached hydrogens (tertiary/aromatic N) is 3. The van der Waals surface area contributed by atoms with E-state index in [1.54, 1.807) is 6.20 Å². The third-order valence-corrected chi connectivity index (χ3v) is 5.21. The van der Waals surface area contributed by atoms with E-state index in [1.807, 2.05) is 41.8 Å². The first-order chi connectivity index (χ1) is 12.2. The highest BCUT2D eigenvalue weighted by molar-refractivity contribution is 5.95. The molecule has 1 N–H and O–H groups in total. The summed E-state index contributed by atoms with van der Waals surface area (Å²) >= 11 is 0. The number of carbonyl (C=O) groups excluding carboxylic acids is 1. The summed E-state index contributed by atoms with van der Waals surface area (Å²) in [6.45, 7) is 5.46. The Balaban J connectivity index is 0.00000243. The highest BCUT2D eigenvalue weighted by Crippen LogP contribution is 2.22. The third-order valence-electron chi connectivity index (χ3n) is 5.21. The van der Waals surface area contributed by atoms with E-state index in [-0.39, 0.29) is 18.3 Å². The van der Waals surface area contributed by atoms with Gasteiger partial charge in [0.15, 0.2) is 0 Å². The van der Waals surface area contributed by atoms with Gasteiger partial charge in [-0.3, -0.25) is 9.48 Å². The van der Waals surface area contributed by atoms with E-state index in [2.05, 4.69) is 22.5 Å². The molecule has 0 bridgehead atoms. The fourth-order valence-corrected chi connectivity index (χ4v) is 3.52. The molecule has 1 aromatic carbocycles. The second-order valence-electron chi connectivity index (χ2n) is 6.91. The van der Waals surface area contributed by atoms with Crippen LogP contribution in [0.5, 0.6) is 0 Å². The van der Waals surface area contributed by atoms with E-state index in [4.69, 9.17) is 0 Å². The lowest BCUT2D eigenvalue weighted by Crippen LogP contribution is -2.39. The number of halogens is 1. The van der Waals surface area contributed by atoms with E-state index in [0.717, 1.165) is 49.7 Å². The largest absolute Gasteiger partial charge is 0.339 e. The predicted octanol–water partition coefficient (Wildman–Crippen LogP) is 3.12. The van der Waals surface area contributed by atoms with Crippen LogP contribution < -0.4 is 5.32 Å². The van der Waals surface area contributed by atoms with Crippen LogP contribution in [-0.2, 0) is 6.54 Å². The van der Waals surface area contributed by atoms with Gasteiger partial charge < -0.3 is 10.2 Å². The second-order valence-corrected chi connectivity index (χ2v) is 6.91. The minimum absolute atomic E-state index is 0. The Labute approximate surface area is 162 Å². The molecule has 0 unspecified atom stereocenters. The predicted molar refractivity (Wildman–Crippen MR) is 107 cm³/mol. The molecule has 2 aromatic rings. The fraction of sp³-hybridized carbons (Fsp3) is 0.500. The average molecular weight is 377 g/mol. The third kappa shape index (κ3) is 4.86. The summed E-state index contributed by atoms with van der Waals surface area (Å²) in [7, 11) is 1.99. The number of aromatic nitrogens is 2. The fourth-order valence-electron chi connectivity index (χ4n) is 3.52. The van der Waals surface area contributed by atoms with Crippen LogP contribution >= 0.6 is 12.4 Å². The van der Waals surface area contributed by atoms with Gasteiger partial charge in [-0.1, -0.05) is 30.3 Å². The number of likely N-dealkylation sites (tertiary alicyclic amines) is 1. The van der Waals surface area contributed by atoms with Gasteiger partial charge in [-0.2, -0.15) is 5.10 Å². The lowest BCUT2D eigenvalue weighted by Gasteiger charge is -2.32. The molecule has 0 atom stereocenters. The lowest BCUT2D eigenvalue weighted by molar-refractivity contribution is 0.0686. The molecule has 1 aliphatic heterocycles. The van der Waals surface area contributed by atoms with Crippen molar-refractivity contribution < 1.29 is 4.79 Å². The van der Waals surface area contributed by atoms with Gasteiger partial charge in [-0.25, -0.2) is 0 Å². The Morgan fingerprint density at radius 3 is 2.58 bits per heavy atom. The van der Waals surface area contributed by atoms with Gasteiger partial charge in [-0.05, 0) is 51.3 Å². The Kier molecular flexibility index (Phi) is 7.66. The summed E-state index contributed by atoms with van der Waals surface area (Å²) in [4.78, 5) is 14.9. The first-order valence-corrected chi connectivity index (χ1v) is 9.19. The van der Waals surface area contributed by atoms with Gasteiger partial charge in [0.2, 0.25) is 0 Å². The number of rotatable bonds is 6. The molecule has 6 heteroatoms. The monoisotopic (exact) mass is 376 g/mol. The Morgan fingerprint density at radius 1 is 1.23 bits per heavy atom. The molecule has 0 radical (unpaired) electrons. The summed E-state index contributed by atoms with van der Waals surface area (Å²) in [6, 6.07) is 10.2. The molecule has 2 heterocycles. The quantitative estimate of drug-likeness (QED) is 0.842. The summed E-state index contributed by atoms with van der Waals surface area (Å²) in [6.07, 6.45) is 5.13. The number of amides is 1. The molecule has 1 aromatic heterocycles. The number of piperidine rings is 1. The first-order valence-electron chi connectivity index (χ1n) is 9.19. The molecule has 0 saturated carbocycles. The SMILES string of the molecule is CNCCC1CCN(C(=O)c2cnn(Cc3ccccc3)c2C)CC1.Cl. The zero-order valence-corrected chi connectivity index (χ0v) is 16.5. The maximum Gasteiger partial charge on any atom is 0.257 e. The minimum Gasteiger partial charge on any atom is -0.339 e.